The molecule has 1 spiro atoms. The van der Waals surface area contributed by atoms with Crippen molar-refractivity contribution in [2.24, 2.45) is 40.9 Å². The van der Waals surface area contributed by atoms with Crippen LogP contribution in [-0.4, -0.2) is 24.3 Å². The summed E-state index contributed by atoms with van der Waals surface area (Å²) in [6, 6.07) is 0.614. The summed E-state index contributed by atoms with van der Waals surface area (Å²) in [6.07, 6.45) is 15.9. The highest BCUT2D eigenvalue weighted by Crippen LogP contribution is 2.65. The smallest absolute Gasteiger partial charge is 0.0740 e. The van der Waals surface area contributed by atoms with Crippen LogP contribution in [0, 0.1) is 40.9 Å². The van der Waals surface area contributed by atoms with E-state index in [1.54, 1.807) is 5.57 Å². The summed E-state index contributed by atoms with van der Waals surface area (Å²) in [5, 5.41) is 3.83. The van der Waals surface area contributed by atoms with Gasteiger partial charge >= 0.3 is 0 Å². The maximum absolute atomic E-state index is 6.94. The predicted molar refractivity (Wildman–Crippen MR) is 135 cm³/mol. The van der Waals surface area contributed by atoms with Gasteiger partial charge in [0.05, 0.1) is 11.7 Å². The zero-order valence-corrected chi connectivity index (χ0v) is 22.0. The van der Waals surface area contributed by atoms with Crippen LogP contribution in [0.2, 0.25) is 0 Å². The lowest BCUT2D eigenvalue weighted by Gasteiger charge is -2.54. The Morgan fingerprint density at radius 3 is 2.59 bits per heavy atom. The number of ether oxygens (including phenoxy) is 1. The van der Waals surface area contributed by atoms with E-state index in [4.69, 9.17) is 4.74 Å². The maximum atomic E-state index is 6.94. The summed E-state index contributed by atoms with van der Waals surface area (Å²) >= 11 is 0. The van der Waals surface area contributed by atoms with Crippen molar-refractivity contribution in [2.45, 2.75) is 130 Å². The minimum Gasteiger partial charge on any atom is -0.370 e. The summed E-state index contributed by atoms with van der Waals surface area (Å²) < 4.78 is 6.94. The molecular weight excluding hydrogens is 390 g/mol. The average Bonchev–Trinajstić information content (AvgIpc) is 3.29. The Labute approximate surface area is 198 Å². The molecule has 10 atom stereocenters. The number of nitrogens with one attached hydrogen (secondary N) is 1. The van der Waals surface area contributed by atoms with E-state index in [1.165, 1.54) is 77.2 Å². The third-order valence-electron chi connectivity index (χ3n) is 11.3. The van der Waals surface area contributed by atoms with Gasteiger partial charge in [-0.25, -0.2) is 0 Å². The van der Waals surface area contributed by atoms with Crippen molar-refractivity contribution >= 4 is 0 Å². The summed E-state index contributed by atoms with van der Waals surface area (Å²) in [7, 11) is 0. The standard InChI is InChI=1S/C28H45NO.C2H6/c1-17-7-9-27(4)20(11-17)5-6-22-21-8-10-28(14-19(3)23(21)13-24(22)27)15-25-26(30-28)12-18(2)16-29-25;1-2/h17-18,20-22,24-26,29H,5-16H2,1-4H3;1-2H3. The van der Waals surface area contributed by atoms with Crippen molar-refractivity contribution in [3.05, 3.63) is 11.1 Å². The SMILES string of the molecule is CC.CC1=C2CC3C(CCC4CC(C)CCC43C)C2CCC2(C1)CC1NCC(C)CC1O2. The van der Waals surface area contributed by atoms with Gasteiger partial charge in [-0.3, -0.25) is 0 Å². The number of piperidine rings is 1. The monoisotopic (exact) mass is 441 g/mol. The molecule has 2 aliphatic heterocycles. The molecule has 3 saturated carbocycles. The topological polar surface area (TPSA) is 21.3 Å². The first-order chi connectivity index (χ1) is 15.4. The van der Waals surface area contributed by atoms with Gasteiger partial charge in [0.15, 0.2) is 0 Å². The van der Waals surface area contributed by atoms with Crippen LogP contribution < -0.4 is 5.32 Å². The Balaban J connectivity index is 0.00000105. The van der Waals surface area contributed by atoms with Crippen LogP contribution in [0.4, 0.5) is 0 Å². The second kappa shape index (κ2) is 8.71. The normalized spacial score (nSPS) is 52.3. The highest BCUT2D eigenvalue weighted by Gasteiger charge is 2.57. The fourth-order valence-corrected chi connectivity index (χ4v) is 9.66. The summed E-state index contributed by atoms with van der Waals surface area (Å²) in [5.74, 6) is 5.56. The lowest BCUT2D eigenvalue weighted by Crippen LogP contribution is -2.45. The Morgan fingerprint density at radius 1 is 0.969 bits per heavy atom. The lowest BCUT2D eigenvalue weighted by molar-refractivity contribution is -0.0657. The van der Waals surface area contributed by atoms with Crippen molar-refractivity contribution in [1.82, 2.24) is 5.32 Å². The highest BCUT2D eigenvalue weighted by atomic mass is 16.5. The Morgan fingerprint density at radius 2 is 1.78 bits per heavy atom. The van der Waals surface area contributed by atoms with E-state index in [2.05, 4.69) is 33.0 Å². The molecule has 182 valence electrons. The molecule has 0 amide bonds. The fraction of sp³-hybridized carbons (Fsp3) is 0.933. The number of allylic oxidation sites excluding steroid dienone is 1. The minimum atomic E-state index is 0.144. The molecule has 1 N–H and O–H groups in total. The molecule has 2 saturated heterocycles. The van der Waals surface area contributed by atoms with E-state index in [-0.39, 0.29) is 5.60 Å². The molecular formula is C30H51NO. The molecule has 0 aromatic heterocycles. The van der Waals surface area contributed by atoms with Crippen LogP contribution in [0.25, 0.3) is 0 Å². The van der Waals surface area contributed by atoms with Gasteiger partial charge in [0.25, 0.3) is 0 Å². The molecule has 0 bridgehead atoms. The van der Waals surface area contributed by atoms with E-state index < -0.39 is 0 Å². The second-order valence-corrected chi connectivity index (χ2v) is 13.2. The molecule has 5 fully saturated rings. The van der Waals surface area contributed by atoms with Gasteiger partial charge in [0, 0.05) is 6.04 Å². The molecule has 2 heteroatoms. The van der Waals surface area contributed by atoms with Gasteiger partial charge in [0.2, 0.25) is 0 Å². The quantitative estimate of drug-likeness (QED) is 0.392. The van der Waals surface area contributed by atoms with E-state index in [1.807, 2.05) is 19.4 Å². The van der Waals surface area contributed by atoms with Gasteiger partial charge in [-0.15, -0.1) is 0 Å². The molecule has 0 aromatic carbocycles. The van der Waals surface area contributed by atoms with Gasteiger partial charge in [-0.2, -0.15) is 0 Å². The fourth-order valence-electron chi connectivity index (χ4n) is 9.66. The maximum Gasteiger partial charge on any atom is 0.0740 e. The number of hydrogen-bond acceptors (Lipinski definition) is 2. The van der Waals surface area contributed by atoms with Gasteiger partial charge in [-0.05, 0) is 119 Å². The van der Waals surface area contributed by atoms with Crippen molar-refractivity contribution in [3.8, 4) is 0 Å². The van der Waals surface area contributed by atoms with Crippen LogP contribution in [0.3, 0.4) is 0 Å². The first-order valence-electron chi connectivity index (χ1n) is 14.5. The molecule has 10 unspecified atom stereocenters. The third kappa shape index (κ3) is 3.74. The molecule has 2 nitrogen and oxygen atoms in total. The second-order valence-electron chi connectivity index (χ2n) is 13.2. The van der Waals surface area contributed by atoms with Crippen molar-refractivity contribution in [2.75, 3.05) is 6.54 Å². The molecule has 6 aliphatic rings. The van der Waals surface area contributed by atoms with Crippen LogP contribution in [0.15, 0.2) is 11.1 Å². The number of rotatable bonds is 0. The van der Waals surface area contributed by atoms with Crippen LogP contribution >= 0.6 is 0 Å². The first-order valence-corrected chi connectivity index (χ1v) is 14.5. The molecule has 2 heterocycles. The molecule has 0 radical (unpaired) electrons. The van der Waals surface area contributed by atoms with Crippen molar-refractivity contribution in [1.29, 1.82) is 0 Å². The van der Waals surface area contributed by atoms with Gasteiger partial charge in [0.1, 0.15) is 0 Å². The highest BCUT2D eigenvalue weighted by molar-refractivity contribution is 5.28. The Bertz CT molecular complexity index is 728. The molecule has 0 aromatic rings. The van der Waals surface area contributed by atoms with Crippen LogP contribution in [0.1, 0.15) is 112 Å². The zero-order chi connectivity index (χ0) is 22.7. The van der Waals surface area contributed by atoms with E-state index in [0.29, 0.717) is 17.6 Å². The van der Waals surface area contributed by atoms with Crippen LogP contribution in [-0.2, 0) is 4.74 Å². The van der Waals surface area contributed by atoms with Crippen molar-refractivity contribution in [3.63, 3.8) is 0 Å². The van der Waals surface area contributed by atoms with E-state index in [0.717, 1.165) is 35.5 Å². The summed E-state index contributed by atoms with van der Waals surface area (Å²) in [4.78, 5) is 0. The largest absolute Gasteiger partial charge is 0.370 e. The first kappa shape index (κ1) is 23.4. The van der Waals surface area contributed by atoms with E-state index >= 15 is 0 Å². The Kier molecular flexibility index (Phi) is 6.37. The average molecular weight is 442 g/mol. The summed E-state index contributed by atoms with van der Waals surface area (Å²) in [6.45, 7) is 15.3. The third-order valence-corrected chi connectivity index (χ3v) is 11.3. The number of fused-ring (bicyclic) bond motifs is 6. The minimum absolute atomic E-state index is 0.144. The zero-order valence-electron chi connectivity index (χ0n) is 22.0. The number of hydrogen-bond donors (Lipinski definition) is 1. The van der Waals surface area contributed by atoms with Crippen LogP contribution in [0.5, 0.6) is 0 Å². The van der Waals surface area contributed by atoms with Gasteiger partial charge in [-0.1, -0.05) is 52.2 Å². The Hall–Kier alpha value is -0.340. The van der Waals surface area contributed by atoms with Gasteiger partial charge < -0.3 is 10.1 Å². The summed E-state index contributed by atoms with van der Waals surface area (Å²) in [5.41, 5.74) is 4.42. The molecule has 4 aliphatic carbocycles. The predicted octanol–water partition coefficient (Wildman–Crippen LogP) is 7.53. The molecule has 32 heavy (non-hydrogen) atoms. The molecule has 6 rings (SSSR count). The lowest BCUT2D eigenvalue weighted by atomic mass is 9.51. The van der Waals surface area contributed by atoms with Crippen molar-refractivity contribution < 1.29 is 4.74 Å². The van der Waals surface area contributed by atoms with E-state index in [9.17, 15) is 0 Å².